The van der Waals surface area contributed by atoms with Gasteiger partial charge < -0.3 is 16.4 Å². The van der Waals surface area contributed by atoms with Gasteiger partial charge in [-0.1, -0.05) is 32.0 Å². The van der Waals surface area contributed by atoms with Crippen LogP contribution in [-0.2, 0) is 21.0 Å². The summed E-state index contributed by atoms with van der Waals surface area (Å²) in [5, 5.41) is 5.53. The Morgan fingerprint density at radius 3 is 2.34 bits per heavy atom. The highest BCUT2D eigenvalue weighted by Crippen LogP contribution is 2.36. The molecule has 0 bridgehead atoms. The number of rotatable bonds is 8. The van der Waals surface area contributed by atoms with E-state index in [9.17, 15) is 26.4 Å². The number of amides is 1. The van der Waals surface area contributed by atoms with Gasteiger partial charge in [0.15, 0.2) is 0 Å². The first-order valence-electron chi connectivity index (χ1n) is 11.4. The van der Waals surface area contributed by atoms with Crippen LogP contribution in [0.25, 0.3) is 0 Å². The minimum Gasteiger partial charge on any atom is -0.369 e. The van der Waals surface area contributed by atoms with Crippen LogP contribution in [0.2, 0.25) is 0 Å². The number of nitrogens with zero attached hydrogens (tertiary/aromatic N) is 3. The number of primary amides is 1. The lowest BCUT2D eigenvalue weighted by molar-refractivity contribution is -0.137. The van der Waals surface area contributed by atoms with Gasteiger partial charge in [0.1, 0.15) is 11.4 Å². The van der Waals surface area contributed by atoms with Gasteiger partial charge in [-0.2, -0.15) is 18.2 Å². The summed E-state index contributed by atoms with van der Waals surface area (Å²) < 4.78 is 67.8. The zero-order chi connectivity index (χ0) is 26.8. The quantitative estimate of drug-likeness (QED) is 0.368. The first kappa shape index (κ1) is 28.7. The van der Waals surface area contributed by atoms with Gasteiger partial charge in [-0.25, -0.2) is 13.4 Å². The topological polar surface area (TPSA) is 130 Å². The molecule has 1 saturated carbocycles. The molecule has 1 heterocycles. The van der Waals surface area contributed by atoms with Crippen molar-refractivity contribution in [3.8, 4) is 0 Å². The van der Waals surface area contributed by atoms with Gasteiger partial charge in [0, 0.05) is 25.0 Å². The number of aromatic nitrogens is 2. The first-order valence-corrected chi connectivity index (χ1v) is 12.8. The van der Waals surface area contributed by atoms with Crippen molar-refractivity contribution in [1.29, 1.82) is 0 Å². The standard InChI is InChI=1S/C24H25F3N6O3S.CH4/c1-33(16-6-3-2-4-7-16)37(35,36)17-12-10-15(11-13-17)30-23-29-14-19(24(25,26)27)22(32-23)31-20-9-5-8-18(20)21(28)34;/h2-4,6-7,10-14,18,20H,5,8-9H2,1H3,(H2,28,34)(H2,29,30,31,32);1H4/t18-,20+;/m0./s1. The van der Waals surface area contributed by atoms with E-state index in [1.807, 2.05) is 0 Å². The highest BCUT2D eigenvalue weighted by atomic mass is 32.2. The number of hydrogen-bond acceptors (Lipinski definition) is 7. The number of nitrogens with two attached hydrogens (primary N) is 1. The predicted molar refractivity (Wildman–Crippen MR) is 139 cm³/mol. The molecule has 0 spiro atoms. The molecular formula is C25H29F3N6O3S. The van der Waals surface area contributed by atoms with E-state index >= 15 is 0 Å². The van der Waals surface area contributed by atoms with Crippen molar-refractivity contribution in [1.82, 2.24) is 9.97 Å². The molecule has 1 fully saturated rings. The van der Waals surface area contributed by atoms with Crippen molar-refractivity contribution in [2.24, 2.45) is 11.7 Å². The van der Waals surface area contributed by atoms with Gasteiger partial charge in [-0.15, -0.1) is 0 Å². The van der Waals surface area contributed by atoms with Crippen molar-refractivity contribution in [3.63, 3.8) is 0 Å². The van der Waals surface area contributed by atoms with Crippen LogP contribution in [-0.4, -0.2) is 37.4 Å². The molecule has 3 aromatic rings. The van der Waals surface area contributed by atoms with Crippen LogP contribution < -0.4 is 20.7 Å². The highest BCUT2D eigenvalue weighted by Gasteiger charge is 2.38. The molecule has 204 valence electrons. The van der Waals surface area contributed by atoms with Crippen molar-refractivity contribution < 1.29 is 26.4 Å². The Balaban J connectivity index is 0.00000400. The second-order valence-corrected chi connectivity index (χ2v) is 10.6. The normalized spacial score (nSPS) is 17.4. The molecule has 0 radical (unpaired) electrons. The molecule has 4 rings (SSSR count). The fourth-order valence-corrected chi connectivity index (χ4v) is 5.38. The Hall–Kier alpha value is -3.87. The van der Waals surface area contributed by atoms with Gasteiger partial charge in [0.25, 0.3) is 10.0 Å². The van der Waals surface area contributed by atoms with Crippen LogP contribution in [0.5, 0.6) is 0 Å². The third-order valence-corrected chi connectivity index (χ3v) is 7.99. The molecular weight excluding hydrogens is 521 g/mol. The lowest BCUT2D eigenvalue weighted by Gasteiger charge is -2.22. The van der Waals surface area contributed by atoms with E-state index in [2.05, 4.69) is 20.6 Å². The minimum absolute atomic E-state index is 0. The van der Waals surface area contributed by atoms with Crippen molar-refractivity contribution in [2.45, 2.75) is 43.8 Å². The van der Waals surface area contributed by atoms with Gasteiger partial charge in [0.05, 0.1) is 16.5 Å². The van der Waals surface area contributed by atoms with Crippen molar-refractivity contribution in [3.05, 3.63) is 66.4 Å². The van der Waals surface area contributed by atoms with Gasteiger partial charge in [-0.05, 0) is 49.2 Å². The summed E-state index contributed by atoms with van der Waals surface area (Å²) >= 11 is 0. The van der Waals surface area contributed by atoms with Crippen LogP contribution in [0.4, 0.5) is 36.3 Å². The van der Waals surface area contributed by atoms with Crippen LogP contribution in [0.1, 0.15) is 32.3 Å². The monoisotopic (exact) mass is 550 g/mol. The largest absolute Gasteiger partial charge is 0.421 e. The number of anilines is 4. The molecule has 38 heavy (non-hydrogen) atoms. The third-order valence-electron chi connectivity index (χ3n) is 6.19. The first-order chi connectivity index (χ1) is 17.5. The molecule has 13 heteroatoms. The summed E-state index contributed by atoms with van der Waals surface area (Å²) in [5.74, 6) is -1.78. The summed E-state index contributed by atoms with van der Waals surface area (Å²) in [4.78, 5) is 19.5. The Kier molecular flexibility index (Phi) is 8.50. The van der Waals surface area contributed by atoms with E-state index in [1.165, 1.54) is 31.3 Å². The molecule has 0 unspecified atom stereocenters. The Morgan fingerprint density at radius 1 is 1.08 bits per heavy atom. The smallest absolute Gasteiger partial charge is 0.369 e. The number of carbonyl (C=O) groups excluding carboxylic acids is 1. The molecule has 0 aliphatic heterocycles. The van der Waals surface area contributed by atoms with Gasteiger partial charge in [-0.3, -0.25) is 9.10 Å². The average molecular weight is 551 g/mol. The number of hydrogen-bond donors (Lipinski definition) is 3. The highest BCUT2D eigenvalue weighted by molar-refractivity contribution is 7.92. The molecule has 1 aliphatic rings. The maximum absolute atomic E-state index is 13.6. The predicted octanol–water partition coefficient (Wildman–Crippen LogP) is 4.77. The van der Waals surface area contributed by atoms with E-state index in [4.69, 9.17) is 5.73 Å². The third kappa shape index (κ3) is 6.15. The lowest BCUT2D eigenvalue weighted by atomic mass is 10.0. The van der Waals surface area contributed by atoms with Crippen LogP contribution in [0, 0.1) is 5.92 Å². The van der Waals surface area contributed by atoms with Crippen LogP contribution in [0.3, 0.4) is 0 Å². The molecule has 2 atom stereocenters. The van der Waals surface area contributed by atoms with Crippen LogP contribution in [0.15, 0.2) is 65.7 Å². The van der Waals surface area contributed by atoms with E-state index in [1.54, 1.807) is 30.3 Å². The maximum atomic E-state index is 13.6. The molecule has 0 saturated heterocycles. The fourth-order valence-electron chi connectivity index (χ4n) is 4.18. The van der Waals surface area contributed by atoms with Gasteiger partial charge >= 0.3 is 6.18 Å². The van der Waals surface area contributed by atoms with Crippen molar-refractivity contribution in [2.75, 3.05) is 22.0 Å². The van der Waals surface area contributed by atoms with E-state index in [0.29, 0.717) is 36.8 Å². The molecule has 1 aliphatic carbocycles. The second kappa shape index (κ2) is 11.3. The zero-order valence-electron chi connectivity index (χ0n) is 19.7. The lowest BCUT2D eigenvalue weighted by Crippen LogP contribution is -2.35. The summed E-state index contributed by atoms with van der Waals surface area (Å²) in [7, 11) is -2.40. The van der Waals surface area contributed by atoms with E-state index in [0.717, 1.165) is 4.31 Å². The molecule has 1 aromatic heterocycles. The second-order valence-electron chi connectivity index (χ2n) is 8.60. The summed E-state index contributed by atoms with van der Waals surface area (Å²) in [5.41, 5.74) is 5.18. The average Bonchev–Trinajstić information content (AvgIpc) is 3.32. The number of sulfonamides is 1. The molecule has 9 nitrogen and oxygen atoms in total. The zero-order valence-corrected chi connectivity index (χ0v) is 20.6. The summed E-state index contributed by atoms with van der Waals surface area (Å²) in [6.45, 7) is 0. The number of nitrogens with one attached hydrogen (secondary N) is 2. The van der Waals surface area contributed by atoms with E-state index < -0.39 is 45.4 Å². The SMILES string of the molecule is C.CN(c1ccccc1)S(=O)(=O)c1ccc(Nc2ncc(C(F)(F)F)c(N[C@@H]3CCC[C@@H]3C(N)=O)n2)cc1. The molecule has 4 N–H and O–H groups in total. The number of carbonyl (C=O) groups is 1. The Morgan fingerprint density at radius 2 is 1.74 bits per heavy atom. The van der Waals surface area contributed by atoms with Crippen molar-refractivity contribution >= 4 is 39.1 Å². The fraction of sp³-hybridized carbons (Fsp3) is 0.320. The molecule has 2 aromatic carbocycles. The summed E-state index contributed by atoms with van der Waals surface area (Å²) in [6, 6.07) is 13.6. The number of halogens is 3. The summed E-state index contributed by atoms with van der Waals surface area (Å²) in [6.07, 6.45) is -2.45. The van der Waals surface area contributed by atoms with Crippen LogP contribution >= 0.6 is 0 Å². The number of alkyl halides is 3. The Labute approximate surface area is 219 Å². The van der Waals surface area contributed by atoms with Gasteiger partial charge in [0.2, 0.25) is 11.9 Å². The minimum atomic E-state index is -4.72. The van der Waals surface area contributed by atoms with E-state index in [-0.39, 0.29) is 18.3 Å². The number of para-hydroxylation sites is 1. The maximum Gasteiger partial charge on any atom is 0.421 e. The Bertz CT molecular complexity index is 1370. The molecule has 1 amide bonds. The number of benzene rings is 2.